The summed E-state index contributed by atoms with van der Waals surface area (Å²) in [5, 5.41) is 5.46. The van der Waals surface area contributed by atoms with Crippen LogP contribution in [0.2, 0.25) is 0 Å². The van der Waals surface area contributed by atoms with Gasteiger partial charge in [-0.25, -0.2) is 9.59 Å². The van der Waals surface area contributed by atoms with Gasteiger partial charge in [-0.05, 0) is 35.2 Å². The quantitative estimate of drug-likeness (QED) is 0.581. The van der Waals surface area contributed by atoms with E-state index >= 15 is 0 Å². The Morgan fingerprint density at radius 1 is 1.12 bits per heavy atom. The maximum atomic E-state index is 12.9. The van der Waals surface area contributed by atoms with Crippen molar-refractivity contribution in [1.29, 1.82) is 0 Å². The molecule has 0 saturated carbocycles. The number of esters is 1. The molecule has 3 aromatic rings. The summed E-state index contributed by atoms with van der Waals surface area (Å²) >= 11 is 1.31. The van der Waals surface area contributed by atoms with E-state index in [0.717, 1.165) is 26.8 Å². The molecule has 1 N–H and O–H groups in total. The lowest BCUT2D eigenvalue weighted by atomic mass is 10.0. The van der Waals surface area contributed by atoms with Crippen LogP contribution in [0.4, 0.5) is 9.80 Å². The van der Waals surface area contributed by atoms with Crippen LogP contribution < -0.4 is 5.32 Å². The zero-order chi connectivity index (χ0) is 22.7. The van der Waals surface area contributed by atoms with Gasteiger partial charge in [0.15, 0.2) is 0 Å². The third kappa shape index (κ3) is 4.31. The van der Waals surface area contributed by atoms with Crippen molar-refractivity contribution in [1.82, 2.24) is 4.90 Å². The maximum absolute atomic E-state index is 12.9. The summed E-state index contributed by atoms with van der Waals surface area (Å²) in [4.78, 5) is 40.0. The minimum atomic E-state index is -0.493. The number of ether oxygens (including phenoxy) is 2. The first-order valence-corrected chi connectivity index (χ1v) is 11.2. The molecule has 2 aromatic carbocycles. The number of hydrogen-bond donors (Lipinski definition) is 1. The molecule has 0 atom stereocenters. The Labute approximate surface area is 189 Å². The number of nitrogens with zero attached hydrogens (tertiary/aromatic N) is 1. The zero-order valence-electron chi connectivity index (χ0n) is 18.0. The Morgan fingerprint density at radius 2 is 1.91 bits per heavy atom. The molecule has 2 heterocycles. The zero-order valence-corrected chi connectivity index (χ0v) is 18.8. The van der Waals surface area contributed by atoms with E-state index in [2.05, 4.69) is 5.32 Å². The van der Waals surface area contributed by atoms with Crippen LogP contribution in [-0.2, 0) is 33.7 Å². The van der Waals surface area contributed by atoms with E-state index in [0.29, 0.717) is 36.7 Å². The number of carbonyl (C=O) groups excluding carboxylic acids is 3. The van der Waals surface area contributed by atoms with Gasteiger partial charge < -0.3 is 19.7 Å². The Hall–Kier alpha value is -3.39. The second kappa shape index (κ2) is 9.40. The third-order valence-corrected chi connectivity index (χ3v) is 6.59. The van der Waals surface area contributed by atoms with Gasteiger partial charge in [-0.2, -0.15) is 0 Å². The molecule has 0 radical (unpaired) electrons. The smallest absolute Gasteiger partial charge is 0.410 e. The van der Waals surface area contributed by atoms with Crippen LogP contribution in [0, 0.1) is 0 Å². The van der Waals surface area contributed by atoms with Gasteiger partial charge in [-0.15, -0.1) is 11.3 Å². The molecule has 0 saturated heterocycles. The van der Waals surface area contributed by atoms with Crippen molar-refractivity contribution in [3.8, 4) is 0 Å². The molecule has 0 bridgehead atoms. The topological polar surface area (TPSA) is 84.9 Å². The first-order chi connectivity index (χ1) is 15.5. The summed E-state index contributed by atoms with van der Waals surface area (Å²) in [6.45, 7) is 2.84. The van der Waals surface area contributed by atoms with E-state index in [9.17, 15) is 14.4 Å². The van der Waals surface area contributed by atoms with Crippen LogP contribution in [-0.4, -0.2) is 43.1 Å². The largest absolute Gasteiger partial charge is 0.465 e. The SMILES string of the molecule is CCOC(=O)N1CCc2c(sc(NC(=O)Cc3cccc4ccccc34)c2C(=O)OC)C1. The summed E-state index contributed by atoms with van der Waals surface area (Å²) in [5.74, 6) is -0.708. The van der Waals surface area contributed by atoms with E-state index in [1.54, 1.807) is 11.8 Å². The van der Waals surface area contributed by atoms with Gasteiger partial charge >= 0.3 is 12.1 Å². The number of methoxy groups -OCH3 is 1. The van der Waals surface area contributed by atoms with Crippen LogP contribution in [0.3, 0.4) is 0 Å². The highest BCUT2D eigenvalue weighted by molar-refractivity contribution is 7.17. The van der Waals surface area contributed by atoms with E-state index in [-0.39, 0.29) is 18.4 Å². The summed E-state index contributed by atoms with van der Waals surface area (Å²) in [7, 11) is 1.32. The molecule has 0 fully saturated rings. The Balaban J connectivity index is 1.58. The normalized spacial score (nSPS) is 12.9. The molecule has 1 aromatic heterocycles. The summed E-state index contributed by atoms with van der Waals surface area (Å²) in [6.07, 6.45) is 0.293. The molecule has 0 aliphatic carbocycles. The van der Waals surface area contributed by atoms with Gasteiger partial charge in [0.1, 0.15) is 5.00 Å². The Morgan fingerprint density at radius 3 is 2.69 bits per heavy atom. The lowest BCUT2D eigenvalue weighted by molar-refractivity contribution is -0.115. The number of nitrogens with one attached hydrogen (secondary N) is 1. The predicted octanol–water partition coefficient (Wildman–Crippen LogP) is 4.38. The number of amides is 2. The van der Waals surface area contributed by atoms with Crippen molar-refractivity contribution >= 4 is 45.1 Å². The van der Waals surface area contributed by atoms with E-state index < -0.39 is 5.97 Å². The third-order valence-electron chi connectivity index (χ3n) is 5.46. The Bertz CT molecular complexity index is 1180. The molecule has 2 amide bonds. The van der Waals surface area contributed by atoms with E-state index in [1.807, 2.05) is 42.5 Å². The van der Waals surface area contributed by atoms with Crippen molar-refractivity contribution in [3.63, 3.8) is 0 Å². The van der Waals surface area contributed by atoms with Crippen LogP contribution in [0.1, 0.15) is 33.3 Å². The molecular weight excluding hydrogens is 428 g/mol. The molecule has 4 rings (SSSR count). The number of thiophene rings is 1. The number of anilines is 1. The average molecular weight is 453 g/mol. The lowest BCUT2D eigenvalue weighted by Crippen LogP contribution is -2.36. The van der Waals surface area contributed by atoms with Crippen molar-refractivity contribution in [3.05, 3.63) is 64.0 Å². The fourth-order valence-electron chi connectivity index (χ4n) is 3.97. The average Bonchev–Trinajstić information content (AvgIpc) is 3.15. The van der Waals surface area contributed by atoms with Gasteiger partial charge in [-0.3, -0.25) is 4.79 Å². The second-order valence-electron chi connectivity index (χ2n) is 7.43. The molecule has 7 nitrogen and oxygen atoms in total. The van der Waals surface area contributed by atoms with E-state index in [1.165, 1.54) is 18.4 Å². The van der Waals surface area contributed by atoms with Gasteiger partial charge in [-0.1, -0.05) is 42.5 Å². The Kier molecular flexibility index (Phi) is 6.41. The minimum absolute atomic E-state index is 0.180. The van der Waals surface area contributed by atoms with Gasteiger partial charge in [0.2, 0.25) is 5.91 Å². The highest BCUT2D eigenvalue weighted by Gasteiger charge is 2.31. The van der Waals surface area contributed by atoms with E-state index in [4.69, 9.17) is 9.47 Å². The van der Waals surface area contributed by atoms with Gasteiger partial charge in [0, 0.05) is 11.4 Å². The first kappa shape index (κ1) is 21.8. The molecule has 32 heavy (non-hydrogen) atoms. The van der Waals surface area contributed by atoms with Crippen molar-refractivity contribution in [2.24, 2.45) is 0 Å². The number of benzene rings is 2. The summed E-state index contributed by atoms with van der Waals surface area (Å²) < 4.78 is 10.1. The molecule has 1 aliphatic rings. The van der Waals surface area contributed by atoms with Crippen LogP contribution in [0.25, 0.3) is 10.8 Å². The monoisotopic (exact) mass is 452 g/mol. The van der Waals surface area contributed by atoms with Crippen molar-refractivity contribution in [2.45, 2.75) is 26.3 Å². The molecule has 0 spiro atoms. The molecule has 166 valence electrons. The minimum Gasteiger partial charge on any atom is -0.465 e. The summed E-state index contributed by atoms with van der Waals surface area (Å²) in [5.41, 5.74) is 2.11. The second-order valence-corrected chi connectivity index (χ2v) is 8.54. The van der Waals surface area contributed by atoms with Gasteiger partial charge in [0.25, 0.3) is 0 Å². The highest BCUT2D eigenvalue weighted by Crippen LogP contribution is 2.38. The molecule has 8 heteroatoms. The first-order valence-electron chi connectivity index (χ1n) is 10.4. The number of rotatable bonds is 5. The number of fused-ring (bicyclic) bond motifs is 2. The van der Waals surface area contributed by atoms with Crippen LogP contribution >= 0.6 is 11.3 Å². The molecule has 0 unspecified atom stereocenters. The highest BCUT2D eigenvalue weighted by atomic mass is 32.1. The molecule has 1 aliphatic heterocycles. The fourth-order valence-corrected chi connectivity index (χ4v) is 5.24. The number of hydrogen-bond acceptors (Lipinski definition) is 6. The van der Waals surface area contributed by atoms with Crippen molar-refractivity contribution in [2.75, 3.05) is 25.6 Å². The lowest BCUT2D eigenvalue weighted by Gasteiger charge is -2.26. The van der Waals surface area contributed by atoms with Crippen LogP contribution in [0.15, 0.2) is 42.5 Å². The fraction of sp³-hybridized carbons (Fsp3) is 0.292. The van der Waals surface area contributed by atoms with Crippen molar-refractivity contribution < 1.29 is 23.9 Å². The molecular formula is C24H24N2O5S. The van der Waals surface area contributed by atoms with Gasteiger partial charge in [0.05, 0.1) is 32.2 Å². The number of carbonyl (C=O) groups is 3. The maximum Gasteiger partial charge on any atom is 0.410 e. The summed E-state index contributed by atoms with van der Waals surface area (Å²) in [6, 6.07) is 13.8. The standard InChI is InChI=1S/C24H24N2O5S/c1-3-31-24(29)26-12-11-18-19(14-26)32-22(21(18)23(28)30-2)25-20(27)13-16-9-6-8-15-7-4-5-10-17(15)16/h4-10H,3,11-14H2,1-2H3,(H,25,27). The predicted molar refractivity (Wildman–Crippen MR) is 123 cm³/mol. The van der Waals surface area contributed by atoms with Crippen LogP contribution in [0.5, 0.6) is 0 Å².